The van der Waals surface area contributed by atoms with E-state index in [4.69, 9.17) is 16.9 Å². The molecular formula is C15H15ClO2S. The Balaban J connectivity index is 2.30. The van der Waals surface area contributed by atoms with Crippen molar-refractivity contribution >= 4 is 23.4 Å². The van der Waals surface area contributed by atoms with E-state index in [-0.39, 0.29) is 0 Å². The summed E-state index contributed by atoms with van der Waals surface area (Å²) in [7, 11) is 0. The van der Waals surface area contributed by atoms with Crippen LogP contribution in [0.1, 0.15) is 18.1 Å². The molecule has 0 aliphatic heterocycles. The van der Waals surface area contributed by atoms with Gasteiger partial charge in [0.25, 0.3) is 0 Å². The summed E-state index contributed by atoms with van der Waals surface area (Å²) in [4.78, 5) is 6.28. The molecular weight excluding hydrogens is 280 g/mol. The number of rotatable bonds is 4. The predicted molar refractivity (Wildman–Crippen MR) is 79.4 cm³/mol. The molecule has 100 valence electrons. The highest BCUT2D eigenvalue weighted by Crippen LogP contribution is 2.37. The van der Waals surface area contributed by atoms with Crippen molar-refractivity contribution in [3.8, 4) is 5.75 Å². The van der Waals surface area contributed by atoms with Gasteiger partial charge in [-0.15, -0.1) is 0 Å². The zero-order valence-electron chi connectivity index (χ0n) is 10.8. The third-order valence-corrected chi connectivity index (χ3v) is 4.21. The van der Waals surface area contributed by atoms with E-state index in [1.807, 2.05) is 37.3 Å². The highest BCUT2D eigenvalue weighted by Gasteiger charge is 2.08. The average Bonchev–Trinajstić information content (AvgIpc) is 2.39. The minimum Gasteiger partial charge on any atom is -0.339 e. The van der Waals surface area contributed by atoms with Crippen LogP contribution in [0.4, 0.5) is 0 Å². The van der Waals surface area contributed by atoms with Crippen molar-refractivity contribution < 1.29 is 10.1 Å². The topological polar surface area (TPSA) is 29.5 Å². The van der Waals surface area contributed by atoms with E-state index < -0.39 is 0 Å². The van der Waals surface area contributed by atoms with Gasteiger partial charge in [-0.05, 0) is 48.7 Å². The molecule has 2 aromatic carbocycles. The minimum atomic E-state index is 0.450. The fourth-order valence-corrected chi connectivity index (χ4v) is 3.17. The lowest BCUT2D eigenvalue weighted by Crippen LogP contribution is -1.88. The van der Waals surface area contributed by atoms with Gasteiger partial charge in [0.15, 0.2) is 5.75 Å². The SMILES string of the molecule is CCc1ccc(Sc2cc(C)ccc2OO)cc1Cl. The fraction of sp³-hybridized carbons (Fsp3) is 0.200. The molecule has 0 spiro atoms. The van der Waals surface area contributed by atoms with Gasteiger partial charge >= 0.3 is 0 Å². The Hall–Kier alpha value is -1.16. The van der Waals surface area contributed by atoms with Crippen molar-refractivity contribution in [1.82, 2.24) is 0 Å². The predicted octanol–water partition coefficient (Wildman–Crippen LogP) is 5.21. The molecule has 0 atom stereocenters. The van der Waals surface area contributed by atoms with E-state index >= 15 is 0 Å². The quantitative estimate of drug-likeness (QED) is 0.620. The van der Waals surface area contributed by atoms with Crippen molar-refractivity contribution in [3.05, 3.63) is 52.5 Å². The number of hydrogen-bond acceptors (Lipinski definition) is 3. The third kappa shape index (κ3) is 3.44. The number of hydrogen-bond donors (Lipinski definition) is 1. The van der Waals surface area contributed by atoms with E-state index in [2.05, 4.69) is 11.8 Å². The van der Waals surface area contributed by atoms with Crippen LogP contribution in [0.3, 0.4) is 0 Å². The first-order valence-electron chi connectivity index (χ1n) is 6.02. The standard InChI is InChI=1S/C15H15ClO2S/c1-3-11-5-6-12(9-13(11)16)19-15-8-10(2)4-7-14(15)18-17/h4-9,17H,3H2,1-2H3. The third-order valence-electron chi connectivity index (χ3n) is 2.83. The van der Waals surface area contributed by atoms with E-state index in [9.17, 15) is 0 Å². The Bertz CT molecular complexity index is 584. The smallest absolute Gasteiger partial charge is 0.179 e. The summed E-state index contributed by atoms with van der Waals surface area (Å²) >= 11 is 7.72. The van der Waals surface area contributed by atoms with Crippen LogP contribution in [0.2, 0.25) is 5.02 Å². The van der Waals surface area contributed by atoms with Crippen LogP contribution >= 0.6 is 23.4 Å². The normalized spacial score (nSPS) is 10.5. The summed E-state index contributed by atoms with van der Waals surface area (Å²) in [5, 5.41) is 9.65. The Kier molecular flexibility index (Phi) is 4.75. The Morgan fingerprint density at radius 3 is 2.63 bits per heavy atom. The van der Waals surface area contributed by atoms with Gasteiger partial charge in [0, 0.05) is 9.92 Å². The van der Waals surface area contributed by atoms with Crippen LogP contribution in [-0.2, 0) is 6.42 Å². The monoisotopic (exact) mass is 294 g/mol. The van der Waals surface area contributed by atoms with E-state index in [1.165, 1.54) is 11.8 Å². The van der Waals surface area contributed by atoms with E-state index in [1.54, 1.807) is 6.07 Å². The molecule has 19 heavy (non-hydrogen) atoms. The first-order valence-corrected chi connectivity index (χ1v) is 7.22. The first kappa shape index (κ1) is 14.3. The molecule has 0 heterocycles. The van der Waals surface area contributed by atoms with Gasteiger partial charge in [0.05, 0.1) is 4.90 Å². The maximum absolute atomic E-state index is 8.88. The van der Waals surface area contributed by atoms with Crippen molar-refractivity contribution in [2.24, 2.45) is 0 Å². The summed E-state index contributed by atoms with van der Waals surface area (Å²) in [5.41, 5.74) is 2.24. The van der Waals surface area contributed by atoms with Gasteiger partial charge in [-0.3, -0.25) is 0 Å². The maximum Gasteiger partial charge on any atom is 0.179 e. The van der Waals surface area contributed by atoms with Crippen LogP contribution < -0.4 is 4.89 Å². The molecule has 0 fully saturated rings. The minimum absolute atomic E-state index is 0.450. The second-order valence-corrected chi connectivity index (χ2v) is 5.77. The molecule has 1 N–H and O–H groups in total. The second-order valence-electron chi connectivity index (χ2n) is 4.25. The Labute approximate surface area is 122 Å². The van der Waals surface area contributed by atoms with Crippen molar-refractivity contribution in [3.63, 3.8) is 0 Å². The summed E-state index contributed by atoms with van der Waals surface area (Å²) in [6, 6.07) is 11.6. The van der Waals surface area contributed by atoms with Crippen LogP contribution in [0, 0.1) is 6.92 Å². The second kappa shape index (κ2) is 6.33. The van der Waals surface area contributed by atoms with Gasteiger partial charge in [0.2, 0.25) is 0 Å². The highest BCUT2D eigenvalue weighted by molar-refractivity contribution is 7.99. The van der Waals surface area contributed by atoms with Crippen molar-refractivity contribution in [2.75, 3.05) is 0 Å². The summed E-state index contributed by atoms with van der Waals surface area (Å²) in [5.74, 6) is 0.450. The Morgan fingerprint density at radius 2 is 2.00 bits per heavy atom. The summed E-state index contributed by atoms with van der Waals surface area (Å²) in [6.45, 7) is 4.07. The van der Waals surface area contributed by atoms with Gasteiger partial charge < -0.3 is 4.89 Å². The van der Waals surface area contributed by atoms with Gasteiger partial charge in [-0.1, -0.05) is 42.4 Å². The molecule has 0 aromatic heterocycles. The molecule has 2 rings (SSSR count). The number of halogens is 1. The molecule has 0 saturated heterocycles. The largest absolute Gasteiger partial charge is 0.339 e. The summed E-state index contributed by atoms with van der Waals surface area (Å²) in [6.07, 6.45) is 0.916. The maximum atomic E-state index is 8.88. The average molecular weight is 295 g/mol. The lowest BCUT2D eigenvalue weighted by molar-refractivity contribution is -0.140. The zero-order valence-corrected chi connectivity index (χ0v) is 12.4. The number of benzene rings is 2. The zero-order chi connectivity index (χ0) is 13.8. The van der Waals surface area contributed by atoms with E-state index in [0.717, 1.165) is 32.4 Å². The molecule has 0 saturated carbocycles. The lowest BCUT2D eigenvalue weighted by Gasteiger charge is -2.09. The molecule has 0 aliphatic rings. The molecule has 0 amide bonds. The Morgan fingerprint density at radius 1 is 1.21 bits per heavy atom. The molecule has 0 radical (unpaired) electrons. The first-order chi connectivity index (χ1) is 9.13. The van der Waals surface area contributed by atoms with E-state index in [0.29, 0.717) is 5.75 Å². The highest BCUT2D eigenvalue weighted by atomic mass is 35.5. The molecule has 4 heteroatoms. The molecule has 0 unspecified atom stereocenters. The van der Waals surface area contributed by atoms with Crippen LogP contribution in [-0.4, -0.2) is 5.26 Å². The summed E-state index contributed by atoms with van der Waals surface area (Å²) < 4.78 is 0. The lowest BCUT2D eigenvalue weighted by atomic mass is 10.2. The molecule has 2 nitrogen and oxygen atoms in total. The van der Waals surface area contributed by atoms with Crippen LogP contribution in [0.15, 0.2) is 46.2 Å². The fourth-order valence-electron chi connectivity index (χ4n) is 1.78. The van der Waals surface area contributed by atoms with Gasteiger partial charge in [-0.25, -0.2) is 5.26 Å². The molecule has 0 aliphatic carbocycles. The molecule has 2 aromatic rings. The van der Waals surface area contributed by atoms with Crippen LogP contribution in [0.25, 0.3) is 0 Å². The van der Waals surface area contributed by atoms with Crippen molar-refractivity contribution in [1.29, 1.82) is 0 Å². The van der Waals surface area contributed by atoms with Crippen molar-refractivity contribution in [2.45, 2.75) is 30.1 Å². The van der Waals surface area contributed by atoms with Crippen LogP contribution in [0.5, 0.6) is 5.75 Å². The number of aryl methyl sites for hydroxylation is 2. The van der Waals surface area contributed by atoms with Gasteiger partial charge in [-0.2, -0.15) is 0 Å². The van der Waals surface area contributed by atoms with Gasteiger partial charge in [0.1, 0.15) is 0 Å². The molecule has 0 bridgehead atoms.